The first kappa shape index (κ1) is 14.7. The predicted octanol–water partition coefficient (Wildman–Crippen LogP) is 2.56. The van der Waals surface area contributed by atoms with Crippen molar-refractivity contribution in [2.75, 3.05) is 19.6 Å². The van der Waals surface area contributed by atoms with Crippen LogP contribution in [0.2, 0.25) is 0 Å². The van der Waals surface area contributed by atoms with Gasteiger partial charge in [0.2, 0.25) is 0 Å². The molecule has 5 heteroatoms. The molecule has 21 heavy (non-hydrogen) atoms. The van der Waals surface area contributed by atoms with Crippen molar-refractivity contribution in [3.63, 3.8) is 0 Å². The van der Waals surface area contributed by atoms with Crippen LogP contribution in [0.4, 0.5) is 4.79 Å². The van der Waals surface area contributed by atoms with E-state index in [1.54, 1.807) is 0 Å². The summed E-state index contributed by atoms with van der Waals surface area (Å²) in [6.45, 7) is 2.31. The third-order valence-corrected chi connectivity index (χ3v) is 5.49. The number of carbonyl (C=O) groups excluding carboxylic acids is 1. The highest BCUT2D eigenvalue weighted by atomic mass is 16.4. The van der Waals surface area contributed by atoms with Crippen LogP contribution in [0.1, 0.15) is 51.4 Å². The van der Waals surface area contributed by atoms with E-state index in [2.05, 4.69) is 4.90 Å². The van der Waals surface area contributed by atoms with Crippen LogP contribution in [0.5, 0.6) is 0 Å². The summed E-state index contributed by atoms with van der Waals surface area (Å²) in [7, 11) is 0. The molecule has 1 saturated carbocycles. The second-order valence-electron chi connectivity index (χ2n) is 6.93. The molecule has 0 aromatic heterocycles. The number of nitrogens with zero attached hydrogens (tertiary/aromatic N) is 2. The molecule has 0 spiro atoms. The van der Waals surface area contributed by atoms with Gasteiger partial charge in [-0.15, -0.1) is 0 Å². The van der Waals surface area contributed by atoms with Crippen molar-refractivity contribution in [3.05, 3.63) is 0 Å². The number of fused-ring (bicyclic) bond motifs is 1. The van der Waals surface area contributed by atoms with Gasteiger partial charge in [-0.2, -0.15) is 0 Å². The molecule has 0 bridgehead atoms. The minimum absolute atomic E-state index is 0.129. The van der Waals surface area contributed by atoms with Crippen LogP contribution in [-0.4, -0.2) is 52.6 Å². The van der Waals surface area contributed by atoms with Gasteiger partial charge in [-0.1, -0.05) is 6.42 Å². The molecule has 2 amide bonds. The van der Waals surface area contributed by atoms with Crippen LogP contribution in [-0.2, 0) is 4.79 Å². The molecule has 1 aliphatic carbocycles. The molecule has 3 unspecified atom stereocenters. The summed E-state index contributed by atoms with van der Waals surface area (Å²) >= 11 is 0. The lowest BCUT2D eigenvalue weighted by Gasteiger charge is -2.42. The number of urea groups is 1. The van der Waals surface area contributed by atoms with E-state index in [1.165, 1.54) is 19.3 Å². The number of piperidine rings is 2. The average molecular weight is 294 g/mol. The first-order valence-corrected chi connectivity index (χ1v) is 8.42. The van der Waals surface area contributed by atoms with Gasteiger partial charge in [-0.3, -0.25) is 4.79 Å². The van der Waals surface area contributed by atoms with E-state index < -0.39 is 5.97 Å². The molecular weight excluding hydrogens is 268 g/mol. The van der Waals surface area contributed by atoms with Crippen LogP contribution in [0.25, 0.3) is 0 Å². The number of carbonyl (C=O) groups is 2. The van der Waals surface area contributed by atoms with Gasteiger partial charge in [0.25, 0.3) is 0 Å². The standard InChI is InChI=1S/C16H26N2O3/c19-15(20)10-12-4-2-8-17(11-12)16(21)18-9-3-6-13-5-1-7-14(13)18/h12-14H,1-11H2,(H,19,20). The number of carboxylic acids is 1. The van der Waals surface area contributed by atoms with E-state index in [1.807, 2.05) is 4.90 Å². The average Bonchev–Trinajstić information content (AvgIpc) is 2.94. The zero-order chi connectivity index (χ0) is 14.8. The Labute approximate surface area is 126 Å². The van der Waals surface area contributed by atoms with E-state index >= 15 is 0 Å². The van der Waals surface area contributed by atoms with Crippen molar-refractivity contribution in [2.24, 2.45) is 11.8 Å². The third-order valence-electron chi connectivity index (χ3n) is 5.49. The van der Waals surface area contributed by atoms with E-state index in [-0.39, 0.29) is 18.4 Å². The van der Waals surface area contributed by atoms with Gasteiger partial charge in [-0.25, -0.2) is 4.79 Å². The Kier molecular flexibility index (Phi) is 4.36. The Morgan fingerprint density at radius 2 is 1.76 bits per heavy atom. The monoisotopic (exact) mass is 294 g/mol. The number of aliphatic carboxylic acids is 1. The topological polar surface area (TPSA) is 60.9 Å². The minimum Gasteiger partial charge on any atom is -0.481 e. The van der Waals surface area contributed by atoms with Crippen molar-refractivity contribution >= 4 is 12.0 Å². The summed E-state index contributed by atoms with van der Waals surface area (Å²) in [6, 6.07) is 0.618. The van der Waals surface area contributed by atoms with E-state index in [4.69, 9.17) is 5.11 Å². The zero-order valence-electron chi connectivity index (χ0n) is 12.7. The van der Waals surface area contributed by atoms with Gasteiger partial charge < -0.3 is 14.9 Å². The van der Waals surface area contributed by atoms with E-state index in [9.17, 15) is 9.59 Å². The maximum Gasteiger partial charge on any atom is 0.320 e. The fourth-order valence-corrected chi connectivity index (χ4v) is 4.53. The van der Waals surface area contributed by atoms with Gasteiger partial charge in [0.15, 0.2) is 0 Å². The first-order valence-electron chi connectivity index (χ1n) is 8.42. The second-order valence-corrected chi connectivity index (χ2v) is 6.93. The van der Waals surface area contributed by atoms with Crippen molar-refractivity contribution in [1.82, 2.24) is 9.80 Å². The highest BCUT2D eigenvalue weighted by Gasteiger charge is 2.39. The molecule has 2 aliphatic heterocycles. The van der Waals surface area contributed by atoms with Gasteiger partial charge in [0, 0.05) is 32.1 Å². The lowest BCUT2D eigenvalue weighted by atomic mass is 9.91. The van der Waals surface area contributed by atoms with Crippen LogP contribution < -0.4 is 0 Å². The van der Waals surface area contributed by atoms with Gasteiger partial charge in [-0.05, 0) is 50.4 Å². The first-order chi connectivity index (χ1) is 10.1. The van der Waals surface area contributed by atoms with Crippen LogP contribution in [0, 0.1) is 11.8 Å². The molecular formula is C16H26N2O3. The Hall–Kier alpha value is -1.26. The zero-order valence-corrected chi connectivity index (χ0v) is 12.7. The molecule has 0 aromatic rings. The molecule has 5 nitrogen and oxygen atoms in total. The molecule has 3 fully saturated rings. The Bertz CT molecular complexity index is 412. The Morgan fingerprint density at radius 1 is 1.00 bits per heavy atom. The number of hydrogen-bond donors (Lipinski definition) is 1. The smallest absolute Gasteiger partial charge is 0.320 e. The fourth-order valence-electron chi connectivity index (χ4n) is 4.53. The molecule has 2 saturated heterocycles. The molecule has 1 N–H and O–H groups in total. The van der Waals surface area contributed by atoms with E-state index in [0.29, 0.717) is 18.5 Å². The largest absolute Gasteiger partial charge is 0.481 e. The number of rotatable bonds is 2. The molecule has 3 atom stereocenters. The number of carboxylic acid groups (broad SMARTS) is 1. The van der Waals surface area contributed by atoms with Crippen LogP contribution in [0.3, 0.4) is 0 Å². The van der Waals surface area contributed by atoms with Gasteiger partial charge >= 0.3 is 12.0 Å². The molecule has 0 aromatic carbocycles. The van der Waals surface area contributed by atoms with Crippen LogP contribution in [0.15, 0.2) is 0 Å². The summed E-state index contributed by atoms with van der Waals surface area (Å²) in [5, 5.41) is 8.95. The summed E-state index contributed by atoms with van der Waals surface area (Å²) in [6.07, 6.45) is 8.14. The Morgan fingerprint density at radius 3 is 2.57 bits per heavy atom. The van der Waals surface area contributed by atoms with E-state index in [0.717, 1.165) is 38.8 Å². The highest BCUT2D eigenvalue weighted by molar-refractivity contribution is 5.75. The number of hydrogen-bond acceptors (Lipinski definition) is 2. The van der Waals surface area contributed by atoms with Crippen LogP contribution >= 0.6 is 0 Å². The summed E-state index contributed by atoms with van der Waals surface area (Å²) in [5.74, 6) is 0.0924. The quantitative estimate of drug-likeness (QED) is 0.851. The molecule has 3 rings (SSSR count). The summed E-state index contributed by atoms with van der Waals surface area (Å²) < 4.78 is 0. The lowest BCUT2D eigenvalue weighted by Crippen LogP contribution is -2.54. The number of likely N-dealkylation sites (tertiary alicyclic amines) is 2. The number of amides is 2. The molecule has 0 radical (unpaired) electrons. The summed E-state index contributed by atoms with van der Waals surface area (Å²) in [4.78, 5) is 27.7. The summed E-state index contributed by atoms with van der Waals surface area (Å²) in [5.41, 5.74) is 0. The van der Waals surface area contributed by atoms with Crippen molar-refractivity contribution in [2.45, 2.75) is 57.4 Å². The SMILES string of the molecule is O=C(O)CC1CCCN(C(=O)N2CCCC3CCCC32)C1. The van der Waals surface area contributed by atoms with Crippen molar-refractivity contribution in [3.8, 4) is 0 Å². The van der Waals surface area contributed by atoms with Gasteiger partial charge in [0.05, 0.1) is 0 Å². The minimum atomic E-state index is -0.747. The Balaban J connectivity index is 1.62. The fraction of sp³-hybridized carbons (Fsp3) is 0.875. The second kappa shape index (κ2) is 6.24. The molecule has 3 aliphatic rings. The van der Waals surface area contributed by atoms with Gasteiger partial charge in [0.1, 0.15) is 0 Å². The highest BCUT2D eigenvalue weighted by Crippen LogP contribution is 2.37. The molecule has 118 valence electrons. The normalized spacial score (nSPS) is 32.9. The van der Waals surface area contributed by atoms with Crippen molar-refractivity contribution in [1.29, 1.82) is 0 Å². The maximum atomic E-state index is 12.8. The van der Waals surface area contributed by atoms with Crippen molar-refractivity contribution < 1.29 is 14.7 Å². The third kappa shape index (κ3) is 3.16. The maximum absolute atomic E-state index is 12.8. The molecule has 2 heterocycles. The lowest BCUT2D eigenvalue weighted by molar-refractivity contribution is -0.138. The predicted molar refractivity (Wildman–Crippen MR) is 79.0 cm³/mol.